The van der Waals surface area contributed by atoms with Crippen molar-refractivity contribution >= 4 is 23.5 Å². The molecule has 0 saturated carbocycles. The Kier molecular flexibility index (Phi) is 5.82. The van der Waals surface area contributed by atoms with E-state index in [1.165, 1.54) is 6.26 Å². The average Bonchev–Trinajstić information content (AvgIpc) is 3.09. The smallest absolute Gasteiger partial charge is 0.303 e. The van der Waals surface area contributed by atoms with E-state index in [4.69, 9.17) is 9.52 Å². The second-order valence-corrected chi connectivity index (χ2v) is 6.69. The summed E-state index contributed by atoms with van der Waals surface area (Å²) in [6, 6.07) is 8.13. The Labute approximate surface area is 151 Å². The van der Waals surface area contributed by atoms with Crippen LogP contribution in [-0.4, -0.2) is 28.4 Å². The summed E-state index contributed by atoms with van der Waals surface area (Å²) >= 11 is 0. The molecule has 7 nitrogen and oxygen atoms in total. The lowest BCUT2D eigenvalue weighted by Crippen LogP contribution is -2.43. The molecule has 26 heavy (non-hydrogen) atoms. The van der Waals surface area contributed by atoms with Crippen molar-refractivity contribution in [3.05, 3.63) is 53.5 Å². The van der Waals surface area contributed by atoms with Gasteiger partial charge in [-0.25, -0.2) is 0 Å². The number of carboxylic acid groups (broad SMARTS) is 1. The zero-order valence-corrected chi connectivity index (χ0v) is 15.0. The highest BCUT2D eigenvalue weighted by Crippen LogP contribution is 2.20. The highest BCUT2D eigenvalue weighted by molar-refractivity contribution is 6.04. The minimum atomic E-state index is -0.911. The fourth-order valence-electron chi connectivity index (χ4n) is 2.35. The van der Waals surface area contributed by atoms with Gasteiger partial charge in [0, 0.05) is 23.2 Å². The minimum Gasteiger partial charge on any atom is -0.481 e. The number of anilines is 1. The molecule has 0 spiro atoms. The maximum atomic E-state index is 12.5. The van der Waals surface area contributed by atoms with Crippen LogP contribution in [0.1, 0.15) is 53.2 Å². The Balaban J connectivity index is 2.11. The van der Waals surface area contributed by atoms with Crippen molar-refractivity contribution in [3.63, 3.8) is 0 Å². The van der Waals surface area contributed by atoms with E-state index in [0.717, 1.165) is 5.56 Å². The molecule has 0 fully saturated rings. The van der Waals surface area contributed by atoms with E-state index in [0.29, 0.717) is 17.7 Å². The molecule has 2 aromatic rings. The van der Waals surface area contributed by atoms with Crippen molar-refractivity contribution in [3.8, 4) is 0 Å². The third-order valence-electron chi connectivity index (χ3n) is 3.91. The van der Waals surface area contributed by atoms with Gasteiger partial charge in [0.2, 0.25) is 0 Å². The monoisotopic (exact) mass is 358 g/mol. The molecule has 0 radical (unpaired) electrons. The van der Waals surface area contributed by atoms with Gasteiger partial charge in [-0.2, -0.15) is 0 Å². The molecule has 0 atom stereocenters. The molecule has 7 heteroatoms. The number of carboxylic acids is 1. The van der Waals surface area contributed by atoms with Crippen LogP contribution in [0.15, 0.2) is 41.0 Å². The van der Waals surface area contributed by atoms with Crippen molar-refractivity contribution in [2.45, 2.75) is 39.2 Å². The number of aliphatic carboxylic acids is 1. The minimum absolute atomic E-state index is 0.0361. The van der Waals surface area contributed by atoms with E-state index < -0.39 is 17.4 Å². The Hall–Kier alpha value is -3.09. The molecule has 0 unspecified atom stereocenters. The first-order valence-corrected chi connectivity index (χ1v) is 8.18. The van der Waals surface area contributed by atoms with Crippen LogP contribution >= 0.6 is 0 Å². The first kappa shape index (κ1) is 19.2. The highest BCUT2D eigenvalue weighted by atomic mass is 16.4. The predicted molar refractivity (Wildman–Crippen MR) is 96.3 cm³/mol. The van der Waals surface area contributed by atoms with Gasteiger partial charge in [-0.05, 0) is 57.0 Å². The normalized spacial score (nSPS) is 11.0. The third-order valence-corrected chi connectivity index (χ3v) is 3.91. The fourth-order valence-corrected chi connectivity index (χ4v) is 2.35. The van der Waals surface area contributed by atoms with E-state index in [9.17, 15) is 14.4 Å². The highest BCUT2D eigenvalue weighted by Gasteiger charge is 2.22. The molecule has 1 heterocycles. The summed E-state index contributed by atoms with van der Waals surface area (Å²) in [4.78, 5) is 35.3. The van der Waals surface area contributed by atoms with Gasteiger partial charge in [0.15, 0.2) is 5.76 Å². The number of amides is 2. The van der Waals surface area contributed by atoms with Crippen molar-refractivity contribution in [2.75, 3.05) is 5.32 Å². The lowest BCUT2D eigenvalue weighted by molar-refractivity contribution is -0.137. The summed E-state index contributed by atoms with van der Waals surface area (Å²) in [5.74, 6) is -1.48. The molecule has 1 aromatic heterocycles. The largest absolute Gasteiger partial charge is 0.481 e. The molecule has 138 valence electrons. The topological polar surface area (TPSA) is 109 Å². The number of aryl methyl sites for hydroxylation is 1. The zero-order chi connectivity index (χ0) is 19.3. The lowest BCUT2D eigenvalue weighted by atomic mass is 9.97. The van der Waals surface area contributed by atoms with Crippen LogP contribution in [0.25, 0.3) is 0 Å². The summed E-state index contributed by atoms with van der Waals surface area (Å²) in [6.07, 6.45) is 1.68. The SMILES string of the molecule is Cc1ccc(C(=O)NC(C)(C)CCC(=O)O)cc1NC(=O)c1ccco1. The Morgan fingerprint density at radius 3 is 2.50 bits per heavy atom. The predicted octanol–water partition coefficient (Wildman–Crippen LogP) is 3.21. The molecule has 0 aliphatic rings. The maximum absolute atomic E-state index is 12.5. The lowest BCUT2D eigenvalue weighted by Gasteiger charge is -2.25. The van der Waals surface area contributed by atoms with Gasteiger partial charge in [-0.3, -0.25) is 14.4 Å². The number of nitrogens with one attached hydrogen (secondary N) is 2. The molecule has 0 bridgehead atoms. The van der Waals surface area contributed by atoms with Crippen LogP contribution in [0, 0.1) is 6.92 Å². The molecule has 0 aliphatic heterocycles. The Bertz CT molecular complexity index is 809. The molecular weight excluding hydrogens is 336 g/mol. The first-order chi connectivity index (χ1) is 12.2. The molecule has 3 N–H and O–H groups in total. The van der Waals surface area contributed by atoms with Gasteiger partial charge in [-0.15, -0.1) is 0 Å². The number of rotatable bonds is 7. The number of carbonyl (C=O) groups excluding carboxylic acids is 2. The van der Waals surface area contributed by atoms with E-state index in [1.54, 1.807) is 44.2 Å². The van der Waals surface area contributed by atoms with Crippen LogP contribution in [-0.2, 0) is 4.79 Å². The van der Waals surface area contributed by atoms with E-state index in [1.807, 2.05) is 6.92 Å². The Morgan fingerprint density at radius 1 is 1.15 bits per heavy atom. The number of furan rings is 1. The molecule has 0 aliphatic carbocycles. The van der Waals surface area contributed by atoms with Crippen molar-refractivity contribution < 1.29 is 23.9 Å². The molecule has 2 rings (SSSR count). The molecule has 1 aromatic carbocycles. The fraction of sp³-hybridized carbons (Fsp3) is 0.316. The maximum Gasteiger partial charge on any atom is 0.303 e. The van der Waals surface area contributed by atoms with Crippen LogP contribution in [0.4, 0.5) is 5.69 Å². The molecule has 0 saturated heterocycles. The van der Waals surface area contributed by atoms with Gasteiger partial charge in [-0.1, -0.05) is 6.07 Å². The molecular formula is C19H22N2O5. The van der Waals surface area contributed by atoms with Crippen molar-refractivity contribution in [1.82, 2.24) is 5.32 Å². The van der Waals surface area contributed by atoms with Gasteiger partial charge >= 0.3 is 5.97 Å². The second-order valence-electron chi connectivity index (χ2n) is 6.69. The number of carbonyl (C=O) groups is 3. The van der Waals surface area contributed by atoms with E-state index in [2.05, 4.69) is 10.6 Å². The van der Waals surface area contributed by atoms with Gasteiger partial charge in [0.05, 0.1) is 6.26 Å². The van der Waals surface area contributed by atoms with Gasteiger partial charge in [0.1, 0.15) is 0 Å². The van der Waals surface area contributed by atoms with Crippen LogP contribution in [0.3, 0.4) is 0 Å². The summed E-state index contributed by atoms with van der Waals surface area (Å²) < 4.78 is 5.06. The quantitative estimate of drug-likeness (QED) is 0.704. The number of hydrogen-bond acceptors (Lipinski definition) is 4. The van der Waals surface area contributed by atoms with E-state index >= 15 is 0 Å². The summed E-state index contributed by atoms with van der Waals surface area (Å²) in [5, 5.41) is 14.3. The van der Waals surface area contributed by atoms with Gasteiger partial charge < -0.3 is 20.2 Å². The van der Waals surface area contributed by atoms with Crippen LogP contribution in [0.2, 0.25) is 0 Å². The first-order valence-electron chi connectivity index (χ1n) is 8.18. The Morgan fingerprint density at radius 2 is 1.88 bits per heavy atom. The van der Waals surface area contributed by atoms with E-state index in [-0.39, 0.29) is 18.1 Å². The van der Waals surface area contributed by atoms with Crippen molar-refractivity contribution in [1.29, 1.82) is 0 Å². The zero-order valence-electron chi connectivity index (χ0n) is 15.0. The van der Waals surface area contributed by atoms with Crippen molar-refractivity contribution in [2.24, 2.45) is 0 Å². The average molecular weight is 358 g/mol. The van der Waals surface area contributed by atoms with Crippen LogP contribution < -0.4 is 10.6 Å². The summed E-state index contributed by atoms with van der Waals surface area (Å²) in [7, 11) is 0. The molecule has 2 amide bonds. The summed E-state index contributed by atoms with van der Waals surface area (Å²) in [6.45, 7) is 5.35. The summed E-state index contributed by atoms with van der Waals surface area (Å²) in [5.41, 5.74) is 1.00. The second kappa shape index (κ2) is 7.86. The third kappa shape index (κ3) is 5.20. The van der Waals surface area contributed by atoms with Crippen LogP contribution in [0.5, 0.6) is 0 Å². The number of hydrogen-bond donors (Lipinski definition) is 3. The standard InChI is InChI=1S/C19H22N2O5/c1-12-6-7-13(17(24)21-19(2,3)9-8-16(22)23)11-14(12)20-18(25)15-5-4-10-26-15/h4-7,10-11H,8-9H2,1-3H3,(H,20,25)(H,21,24)(H,22,23). The van der Waals surface area contributed by atoms with Gasteiger partial charge in [0.25, 0.3) is 11.8 Å². The number of benzene rings is 1.